The molecule has 0 aromatic heterocycles. The van der Waals surface area contributed by atoms with Crippen molar-refractivity contribution in [3.05, 3.63) is 29.8 Å². The van der Waals surface area contributed by atoms with E-state index in [0.717, 1.165) is 6.42 Å². The summed E-state index contributed by atoms with van der Waals surface area (Å²) in [6.07, 6.45) is 1.07. The van der Waals surface area contributed by atoms with Gasteiger partial charge in [-0.3, -0.25) is 0 Å². The molecule has 5 heteroatoms. The van der Waals surface area contributed by atoms with Crippen molar-refractivity contribution in [3.8, 4) is 6.07 Å². The molecule has 1 N–H and O–H groups in total. The summed E-state index contributed by atoms with van der Waals surface area (Å²) in [6.45, 7) is 6.78. The molecule has 2 unspecified atom stereocenters. The molecule has 0 saturated heterocycles. The first-order chi connectivity index (χ1) is 9.40. The molecule has 0 amide bonds. The van der Waals surface area contributed by atoms with Crippen LogP contribution in [0.15, 0.2) is 29.2 Å². The molecule has 2 atom stereocenters. The molecular weight excluding hydrogens is 272 g/mol. The van der Waals surface area contributed by atoms with Crippen LogP contribution < -0.4 is 5.32 Å². The molecule has 0 bridgehead atoms. The van der Waals surface area contributed by atoms with Crippen molar-refractivity contribution in [3.63, 3.8) is 0 Å². The average Bonchev–Trinajstić information content (AvgIpc) is 2.46. The van der Waals surface area contributed by atoms with E-state index in [-0.39, 0.29) is 10.6 Å². The van der Waals surface area contributed by atoms with Gasteiger partial charge in [0.25, 0.3) is 0 Å². The van der Waals surface area contributed by atoms with Crippen molar-refractivity contribution in [2.45, 2.75) is 38.1 Å². The lowest BCUT2D eigenvalue weighted by molar-refractivity contribution is 0.398. The number of hydrogen-bond acceptors (Lipinski definition) is 4. The van der Waals surface area contributed by atoms with Crippen molar-refractivity contribution in [1.82, 2.24) is 5.32 Å². The number of hydrogen-bond donors (Lipinski definition) is 1. The fourth-order valence-corrected chi connectivity index (χ4v) is 3.00. The normalized spacial score (nSPS) is 14.5. The fraction of sp³-hybridized carbons (Fsp3) is 0.533. The highest BCUT2D eigenvalue weighted by molar-refractivity contribution is 7.91. The summed E-state index contributed by atoms with van der Waals surface area (Å²) in [7, 11) is -3.29. The molecule has 0 aliphatic heterocycles. The van der Waals surface area contributed by atoms with Gasteiger partial charge < -0.3 is 5.32 Å². The van der Waals surface area contributed by atoms with Crippen molar-refractivity contribution in [2.24, 2.45) is 5.92 Å². The van der Waals surface area contributed by atoms with Gasteiger partial charge in [0.05, 0.1) is 22.3 Å². The van der Waals surface area contributed by atoms with Gasteiger partial charge in [-0.05, 0) is 37.1 Å². The monoisotopic (exact) mass is 294 g/mol. The maximum absolute atomic E-state index is 12.1. The van der Waals surface area contributed by atoms with Gasteiger partial charge in [-0.1, -0.05) is 20.3 Å². The first kappa shape index (κ1) is 16.7. The van der Waals surface area contributed by atoms with Crippen LogP contribution >= 0.6 is 0 Å². The maximum atomic E-state index is 12.1. The molecule has 0 heterocycles. The second-order valence-corrected chi connectivity index (χ2v) is 7.19. The summed E-state index contributed by atoms with van der Waals surface area (Å²) in [5.74, 6) is 0.590. The first-order valence-electron chi connectivity index (χ1n) is 6.87. The van der Waals surface area contributed by atoms with E-state index < -0.39 is 9.84 Å². The van der Waals surface area contributed by atoms with E-state index in [9.17, 15) is 8.42 Å². The number of sulfone groups is 1. The number of benzene rings is 1. The van der Waals surface area contributed by atoms with Gasteiger partial charge in [-0.2, -0.15) is 5.26 Å². The summed E-state index contributed by atoms with van der Waals surface area (Å²) >= 11 is 0. The lowest BCUT2D eigenvalue weighted by atomic mass is 10.0. The van der Waals surface area contributed by atoms with Gasteiger partial charge >= 0.3 is 0 Å². The topological polar surface area (TPSA) is 70.0 Å². The van der Waals surface area contributed by atoms with Crippen LogP contribution in [-0.2, 0) is 9.84 Å². The third-order valence-electron chi connectivity index (χ3n) is 3.68. The SMILES string of the molecule is CCC(C)C(C)NCCS(=O)(=O)c1ccc(C#N)cc1. The Kier molecular flexibility index (Phi) is 6.18. The molecule has 1 aromatic rings. The first-order valence-corrected chi connectivity index (χ1v) is 8.52. The van der Waals surface area contributed by atoms with E-state index >= 15 is 0 Å². The minimum atomic E-state index is -3.29. The second kappa shape index (κ2) is 7.41. The van der Waals surface area contributed by atoms with Crippen LogP contribution in [0.3, 0.4) is 0 Å². The van der Waals surface area contributed by atoms with E-state index in [2.05, 4.69) is 26.1 Å². The Bertz CT molecular complexity index is 559. The molecular formula is C15H22N2O2S. The zero-order valence-corrected chi connectivity index (χ0v) is 13.1. The Morgan fingerprint density at radius 1 is 1.25 bits per heavy atom. The minimum Gasteiger partial charge on any atom is -0.313 e. The molecule has 1 aromatic carbocycles. The Morgan fingerprint density at radius 3 is 2.35 bits per heavy atom. The highest BCUT2D eigenvalue weighted by atomic mass is 32.2. The van der Waals surface area contributed by atoms with E-state index in [4.69, 9.17) is 5.26 Å². The summed E-state index contributed by atoms with van der Waals surface area (Å²) in [5, 5.41) is 11.9. The summed E-state index contributed by atoms with van der Waals surface area (Å²) in [6, 6.07) is 8.32. The fourth-order valence-electron chi connectivity index (χ4n) is 1.83. The molecule has 20 heavy (non-hydrogen) atoms. The predicted molar refractivity (Wildman–Crippen MR) is 80.1 cm³/mol. The van der Waals surface area contributed by atoms with Crippen molar-refractivity contribution in [2.75, 3.05) is 12.3 Å². The van der Waals surface area contributed by atoms with Gasteiger partial charge in [0.15, 0.2) is 9.84 Å². The van der Waals surface area contributed by atoms with Gasteiger partial charge in [0.1, 0.15) is 0 Å². The summed E-state index contributed by atoms with van der Waals surface area (Å²) in [4.78, 5) is 0.273. The van der Waals surface area contributed by atoms with Gasteiger partial charge in [-0.25, -0.2) is 8.42 Å². The van der Waals surface area contributed by atoms with Crippen LogP contribution in [0.1, 0.15) is 32.8 Å². The van der Waals surface area contributed by atoms with E-state index in [1.165, 1.54) is 24.3 Å². The van der Waals surface area contributed by atoms with Gasteiger partial charge in [0, 0.05) is 12.6 Å². The number of nitrogens with zero attached hydrogens (tertiary/aromatic N) is 1. The maximum Gasteiger partial charge on any atom is 0.179 e. The number of rotatable bonds is 7. The molecule has 0 saturated carbocycles. The Balaban J connectivity index is 2.59. The molecule has 110 valence electrons. The molecule has 0 radical (unpaired) electrons. The van der Waals surface area contributed by atoms with Crippen LogP contribution in [0.4, 0.5) is 0 Å². The Labute approximate surface area is 121 Å². The van der Waals surface area contributed by atoms with E-state index in [1.807, 2.05) is 6.07 Å². The van der Waals surface area contributed by atoms with Crippen LogP contribution in [0, 0.1) is 17.2 Å². The number of nitrogens with one attached hydrogen (secondary N) is 1. The molecule has 0 aliphatic rings. The Morgan fingerprint density at radius 2 is 1.85 bits per heavy atom. The predicted octanol–water partition coefficient (Wildman–Crippen LogP) is 2.36. The van der Waals surface area contributed by atoms with Gasteiger partial charge in [0.2, 0.25) is 0 Å². The third-order valence-corrected chi connectivity index (χ3v) is 5.41. The zero-order valence-electron chi connectivity index (χ0n) is 12.3. The highest BCUT2D eigenvalue weighted by Crippen LogP contribution is 2.12. The average molecular weight is 294 g/mol. The van der Waals surface area contributed by atoms with Crippen molar-refractivity contribution < 1.29 is 8.42 Å². The van der Waals surface area contributed by atoms with Crippen LogP contribution in [-0.4, -0.2) is 26.8 Å². The zero-order chi connectivity index (χ0) is 15.2. The molecule has 4 nitrogen and oxygen atoms in total. The smallest absolute Gasteiger partial charge is 0.179 e. The molecule has 0 fully saturated rings. The molecule has 0 spiro atoms. The standard InChI is InChI=1S/C15H22N2O2S/c1-4-12(2)13(3)17-9-10-20(18,19)15-7-5-14(11-16)6-8-15/h5-8,12-13,17H,4,9-10H2,1-3H3. The van der Waals surface area contributed by atoms with Crippen molar-refractivity contribution in [1.29, 1.82) is 5.26 Å². The van der Waals surface area contributed by atoms with Crippen LogP contribution in [0.5, 0.6) is 0 Å². The molecule has 0 aliphatic carbocycles. The summed E-state index contributed by atoms with van der Waals surface area (Å²) < 4.78 is 24.3. The summed E-state index contributed by atoms with van der Waals surface area (Å²) in [5.41, 5.74) is 0.465. The minimum absolute atomic E-state index is 0.0691. The molecule has 1 rings (SSSR count). The van der Waals surface area contributed by atoms with Gasteiger partial charge in [-0.15, -0.1) is 0 Å². The quantitative estimate of drug-likeness (QED) is 0.838. The largest absolute Gasteiger partial charge is 0.313 e. The lowest BCUT2D eigenvalue weighted by Gasteiger charge is -2.19. The lowest BCUT2D eigenvalue weighted by Crippen LogP contribution is -2.35. The third kappa shape index (κ3) is 4.62. The van der Waals surface area contributed by atoms with E-state index in [1.54, 1.807) is 0 Å². The highest BCUT2D eigenvalue weighted by Gasteiger charge is 2.15. The second-order valence-electron chi connectivity index (χ2n) is 5.08. The van der Waals surface area contributed by atoms with Crippen LogP contribution in [0.25, 0.3) is 0 Å². The number of nitriles is 1. The van der Waals surface area contributed by atoms with Crippen molar-refractivity contribution >= 4 is 9.84 Å². The van der Waals surface area contributed by atoms with Crippen LogP contribution in [0.2, 0.25) is 0 Å². The van der Waals surface area contributed by atoms with E-state index in [0.29, 0.717) is 24.1 Å². The Hall–Kier alpha value is -1.38.